The van der Waals surface area contributed by atoms with Crippen LogP contribution in [0.25, 0.3) is 0 Å². The summed E-state index contributed by atoms with van der Waals surface area (Å²) in [5.74, 6) is 2.56. The Morgan fingerprint density at radius 1 is 1.56 bits per heavy atom. The second-order valence-electron chi connectivity index (χ2n) is 4.29. The Bertz CT molecular complexity index is 238. The minimum absolute atomic E-state index is 0.271. The third-order valence-corrected chi connectivity index (χ3v) is 4.17. The van der Waals surface area contributed by atoms with Gasteiger partial charge in [-0.3, -0.25) is 5.32 Å². The van der Waals surface area contributed by atoms with Crippen molar-refractivity contribution in [1.82, 2.24) is 5.32 Å². The molecule has 0 bridgehead atoms. The molecule has 1 N–H and O–H groups in total. The highest BCUT2D eigenvalue weighted by Crippen LogP contribution is 2.41. The first kappa shape index (κ1) is 13.8. The minimum atomic E-state index is -0.271. The van der Waals surface area contributed by atoms with Gasteiger partial charge in [-0.1, -0.05) is 6.92 Å². The van der Waals surface area contributed by atoms with Crippen LogP contribution in [-0.2, 0) is 4.74 Å². The molecule has 16 heavy (non-hydrogen) atoms. The third kappa shape index (κ3) is 3.97. The van der Waals surface area contributed by atoms with Crippen LogP contribution in [0.3, 0.4) is 0 Å². The molecule has 0 aromatic rings. The first-order valence-electron chi connectivity index (χ1n) is 6.02. The van der Waals surface area contributed by atoms with Gasteiger partial charge in [0.2, 0.25) is 0 Å². The second kappa shape index (κ2) is 7.16. The number of hydrogen-bond acceptors (Lipinski definition) is 4. The summed E-state index contributed by atoms with van der Waals surface area (Å²) < 4.78 is 5.01. The van der Waals surface area contributed by atoms with E-state index < -0.39 is 0 Å². The average molecular weight is 242 g/mol. The monoisotopic (exact) mass is 242 g/mol. The van der Waals surface area contributed by atoms with Crippen molar-refractivity contribution in [3.8, 4) is 6.07 Å². The van der Waals surface area contributed by atoms with Gasteiger partial charge >= 0.3 is 0 Å². The summed E-state index contributed by atoms with van der Waals surface area (Å²) in [6.45, 7) is 3.77. The Labute approximate surface area is 103 Å². The van der Waals surface area contributed by atoms with Crippen LogP contribution in [0.2, 0.25) is 0 Å². The highest BCUT2D eigenvalue weighted by molar-refractivity contribution is 7.99. The van der Waals surface area contributed by atoms with Crippen molar-refractivity contribution in [2.45, 2.75) is 31.7 Å². The number of nitrogens with zero attached hydrogens (tertiary/aromatic N) is 1. The Hall–Kier alpha value is -0.240. The fourth-order valence-corrected chi connectivity index (χ4v) is 3.10. The predicted molar refractivity (Wildman–Crippen MR) is 68.6 cm³/mol. The SMILES string of the molecule is CCNC(C#N)(CSCCCOC)C1CC1. The Kier molecular flexibility index (Phi) is 6.18. The summed E-state index contributed by atoms with van der Waals surface area (Å²) in [6, 6.07) is 2.51. The first-order valence-corrected chi connectivity index (χ1v) is 7.17. The zero-order chi connectivity index (χ0) is 11.9. The highest BCUT2D eigenvalue weighted by Gasteiger charge is 2.44. The maximum absolute atomic E-state index is 9.37. The standard InChI is InChI=1S/C12H22N2OS/c1-3-14-12(9-13,11-5-6-11)10-16-8-4-7-15-2/h11,14H,3-8,10H2,1-2H3. The predicted octanol–water partition coefficient (Wildman–Crippen LogP) is 2.04. The van der Waals surface area contributed by atoms with E-state index in [0.717, 1.165) is 31.1 Å². The van der Waals surface area contributed by atoms with Gasteiger partial charge < -0.3 is 4.74 Å². The molecule has 0 heterocycles. The van der Waals surface area contributed by atoms with Gasteiger partial charge in [0.05, 0.1) is 6.07 Å². The zero-order valence-electron chi connectivity index (χ0n) is 10.3. The topological polar surface area (TPSA) is 45.0 Å². The second-order valence-corrected chi connectivity index (χ2v) is 5.39. The number of nitriles is 1. The molecule has 0 aliphatic heterocycles. The molecule has 1 unspecified atom stereocenters. The quantitative estimate of drug-likeness (QED) is 0.628. The van der Waals surface area contributed by atoms with Crippen LogP contribution in [0.5, 0.6) is 0 Å². The molecule has 1 aliphatic rings. The van der Waals surface area contributed by atoms with Crippen LogP contribution in [-0.4, -0.2) is 37.3 Å². The van der Waals surface area contributed by atoms with Crippen LogP contribution in [0.4, 0.5) is 0 Å². The van der Waals surface area contributed by atoms with Crippen molar-refractivity contribution in [3.63, 3.8) is 0 Å². The first-order chi connectivity index (χ1) is 7.79. The van der Waals surface area contributed by atoms with E-state index in [1.807, 2.05) is 11.8 Å². The number of rotatable bonds is 9. The van der Waals surface area contributed by atoms with Crippen molar-refractivity contribution in [2.75, 3.05) is 31.8 Å². The lowest BCUT2D eigenvalue weighted by atomic mass is 9.98. The Morgan fingerprint density at radius 3 is 2.81 bits per heavy atom. The molecule has 0 aromatic carbocycles. The summed E-state index contributed by atoms with van der Waals surface area (Å²) in [4.78, 5) is 0. The van der Waals surface area contributed by atoms with Gasteiger partial charge in [0, 0.05) is 19.5 Å². The van der Waals surface area contributed by atoms with Crippen LogP contribution in [0.15, 0.2) is 0 Å². The van der Waals surface area contributed by atoms with Crippen LogP contribution in [0.1, 0.15) is 26.2 Å². The van der Waals surface area contributed by atoms with Crippen molar-refractivity contribution in [1.29, 1.82) is 5.26 Å². The van der Waals surface area contributed by atoms with E-state index in [9.17, 15) is 5.26 Å². The third-order valence-electron chi connectivity index (χ3n) is 2.93. The average Bonchev–Trinajstić information content (AvgIpc) is 3.11. The van der Waals surface area contributed by atoms with Gasteiger partial charge in [0.1, 0.15) is 5.54 Å². The molecule has 92 valence electrons. The summed E-state index contributed by atoms with van der Waals surface area (Å²) >= 11 is 1.87. The molecule has 0 saturated heterocycles. The van der Waals surface area contributed by atoms with Gasteiger partial charge in [0.15, 0.2) is 0 Å². The Balaban J connectivity index is 2.30. The molecule has 0 spiro atoms. The lowest BCUT2D eigenvalue weighted by molar-refractivity contribution is 0.200. The maximum Gasteiger partial charge on any atom is 0.118 e. The van der Waals surface area contributed by atoms with Gasteiger partial charge in [0.25, 0.3) is 0 Å². The molecule has 0 amide bonds. The van der Waals surface area contributed by atoms with E-state index in [2.05, 4.69) is 18.3 Å². The van der Waals surface area contributed by atoms with Gasteiger partial charge in [-0.05, 0) is 37.5 Å². The van der Waals surface area contributed by atoms with Crippen molar-refractivity contribution >= 4 is 11.8 Å². The van der Waals surface area contributed by atoms with E-state index in [1.165, 1.54) is 12.8 Å². The number of thioether (sulfide) groups is 1. The van der Waals surface area contributed by atoms with E-state index in [-0.39, 0.29) is 5.54 Å². The molecular formula is C12H22N2OS. The van der Waals surface area contributed by atoms with Crippen LogP contribution in [0, 0.1) is 17.2 Å². The highest BCUT2D eigenvalue weighted by atomic mass is 32.2. The normalized spacial score (nSPS) is 19.1. The van der Waals surface area contributed by atoms with Crippen LogP contribution < -0.4 is 5.32 Å². The molecule has 1 rings (SSSR count). The lowest BCUT2D eigenvalue weighted by Gasteiger charge is -2.27. The van der Waals surface area contributed by atoms with Gasteiger partial charge in [-0.25, -0.2) is 0 Å². The smallest absolute Gasteiger partial charge is 0.118 e. The number of hydrogen-bond donors (Lipinski definition) is 1. The number of methoxy groups -OCH3 is 1. The van der Waals surface area contributed by atoms with E-state index in [4.69, 9.17) is 4.74 Å². The number of nitrogens with one attached hydrogen (secondary N) is 1. The molecule has 4 heteroatoms. The lowest BCUT2D eigenvalue weighted by Crippen LogP contribution is -2.48. The van der Waals surface area contributed by atoms with Crippen molar-refractivity contribution < 1.29 is 4.74 Å². The largest absolute Gasteiger partial charge is 0.385 e. The molecule has 1 saturated carbocycles. The fourth-order valence-electron chi connectivity index (χ4n) is 1.91. The van der Waals surface area contributed by atoms with Crippen LogP contribution >= 0.6 is 11.8 Å². The maximum atomic E-state index is 9.37. The van der Waals surface area contributed by atoms with Gasteiger partial charge in [-0.15, -0.1) is 0 Å². The molecule has 0 radical (unpaired) electrons. The summed E-state index contributed by atoms with van der Waals surface area (Å²) in [5.41, 5.74) is -0.271. The number of ether oxygens (including phenoxy) is 1. The fraction of sp³-hybridized carbons (Fsp3) is 0.917. The van der Waals surface area contributed by atoms with Crippen molar-refractivity contribution in [2.24, 2.45) is 5.92 Å². The molecule has 1 aliphatic carbocycles. The van der Waals surface area contributed by atoms with Crippen molar-refractivity contribution in [3.05, 3.63) is 0 Å². The van der Waals surface area contributed by atoms with E-state index in [1.54, 1.807) is 7.11 Å². The molecule has 3 nitrogen and oxygen atoms in total. The summed E-state index contributed by atoms with van der Waals surface area (Å²) in [6.07, 6.45) is 3.48. The summed E-state index contributed by atoms with van der Waals surface area (Å²) in [5, 5.41) is 12.8. The minimum Gasteiger partial charge on any atom is -0.385 e. The zero-order valence-corrected chi connectivity index (χ0v) is 11.1. The molecule has 1 atom stereocenters. The molecule has 0 aromatic heterocycles. The Morgan fingerprint density at radius 2 is 2.31 bits per heavy atom. The van der Waals surface area contributed by atoms with E-state index >= 15 is 0 Å². The molecule has 1 fully saturated rings. The summed E-state index contributed by atoms with van der Waals surface area (Å²) in [7, 11) is 1.73. The van der Waals surface area contributed by atoms with E-state index in [0.29, 0.717) is 5.92 Å². The van der Waals surface area contributed by atoms with Gasteiger partial charge in [-0.2, -0.15) is 17.0 Å². The molecular weight excluding hydrogens is 220 g/mol.